The van der Waals surface area contributed by atoms with Gasteiger partial charge < -0.3 is 9.73 Å². The van der Waals surface area contributed by atoms with Crippen LogP contribution in [0.15, 0.2) is 52.0 Å². The highest BCUT2D eigenvalue weighted by molar-refractivity contribution is 7.99. The minimum Gasteiger partial charge on any atom is -0.467 e. The van der Waals surface area contributed by atoms with E-state index < -0.39 is 0 Å². The molecule has 1 N–H and O–H groups in total. The molecule has 0 unspecified atom stereocenters. The Kier molecular flexibility index (Phi) is 5.24. The number of nitrogens with one attached hydrogen (secondary N) is 1. The fourth-order valence-electron chi connectivity index (χ4n) is 1.71. The first kappa shape index (κ1) is 14.7. The molecule has 0 radical (unpaired) electrons. The number of amides is 1. The molecule has 5 heteroatoms. The summed E-state index contributed by atoms with van der Waals surface area (Å²) in [4.78, 5) is 12.7. The van der Waals surface area contributed by atoms with Crippen molar-refractivity contribution in [2.75, 3.05) is 5.75 Å². The molecule has 1 heterocycles. The van der Waals surface area contributed by atoms with Crippen molar-refractivity contribution in [2.45, 2.75) is 24.3 Å². The third kappa shape index (κ3) is 4.42. The minimum atomic E-state index is -0.251. The van der Waals surface area contributed by atoms with E-state index in [0.717, 1.165) is 10.7 Å². The molecule has 0 spiro atoms. The van der Waals surface area contributed by atoms with Crippen LogP contribution in [0.1, 0.15) is 25.1 Å². The lowest BCUT2D eigenvalue weighted by molar-refractivity contribution is -0.121. The second kappa shape index (κ2) is 7.14. The molecule has 1 atom stereocenters. The average Bonchev–Trinajstić information content (AvgIpc) is 2.95. The largest absolute Gasteiger partial charge is 0.467 e. The summed E-state index contributed by atoms with van der Waals surface area (Å²) in [7, 11) is 0. The molecular weight excluding hydrogens is 277 g/mol. The molecule has 2 aromatic rings. The molecule has 1 amide bonds. The number of carbonyl (C=O) groups is 1. The first-order chi connectivity index (χ1) is 9.65. The number of hydrogen-bond acceptors (Lipinski definition) is 3. The number of benzene rings is 1. The van der Waals surface area contributed by atoms with Crippen molar-refractivity contribution in [2.24, 2.45) is 0 Å². The van der Waals surface area contributed by atoms with E-state index in [9.17, 15) is 9.18 Å². The monoisotopic (exact) mass is 293 g/mol. The minimum absolute atomic E-state index is 0.0245. The smallest absolute Gasteiger partial charge is 0.221 e. The highest BCUT2D eigenvalue weighted by Gasteiger charge is 2.11. The molecule has 2 rings (SSSR count). The van der Waals surface area contributed by atoms with Gasteiger partial charge >= 0.3 is 0 Å². The molecule has 1 aromatic heterocycles. The zero-order valence-electron chi connectivity index (χ0n) is 11.1. The topological polar surface area (TPSA) is 42.2 Å². The van der Waals surface area contributed by atoms with Crippen LogP contribution in [0.2, 0.25) is 0 Å². The number of hydrogen-bond donors (Lipinski definition) is 1. The van der Waals surface area contributed by atoms with Crippen molar-refractivity contribution < 1.29 is 13.6 Å². The van der Waals surface area contributed by atoms with Gasteiger partial charge in [0, 0.05) is 17.1 Å². The lowest BCUT2D eigenvalue weighted by Gasteiger charge is -2.11. The summed E-state index contributed by atoms with van der Waals surface area (Å²) in [5.74, 6) is 1.12. The fourth-order valence-corrected chi connectivity index (χ4v) is 2.57. The van der Waals surface area contributed by atoms with E-state index >= 15 is 0 Å². The van der Waals surface area contributed by atoms with Gasteiger partial charge in [0.1, 0.15) is 11.6 Å². The molecule has 0 fully saturated rings. The number of halogens is 1. The summed E-state index contributed by atoms with van der Waals surface area (Å²) in [6.45, 7) is 1.88. The SMILES string of the molecule is C[C@H](NC(=O)CCSc1ccc(F)cc1)c1ccco1. The van der Waals surface area contributed by atoms with Gasteiger partial charge in [0.15, 0.2) is 0 Å². The summed E-state index contributed by atoms with van der Waals surface area (Å²) in [6, 6.07) is 9.75. The molecule has 0 saturated heterocycles. The number of rotatable bonds is 6. The van der Waals surface area contributed by atoms with Crippen LogP contribution in [0.3, 0.4) is 0 Å². The van der Waals surface area contributed by atoms with Crippen molar-refractivity contribution >= 4 is 17.7 Å². The summed E-state index contributed by atoms with van der Waals surface area (Å²) in [6.07, 6.45) is 2.00. The Morgan fingerprint density at radius 2 is 2.10 bits per heavy atom. The maximum Gasteiger partial charge on any atom is 0.221 e. The standard InChI is InChI=1S/C15H16FNO2S/c1-11(14-3-2-9-19-14)17-15(18)8-10-20-13-6-4-12(16)5-7-13/h2-7,9,11H,8,10H2,1H3,(H,17,18)/t11-/m0/s1. The van der Waals surface area contributed by atoms with Gasteiger partial charge in [-0.3, -0.25) is 4.79 Å². The zero-order valence-corrected chi connectivity index (χ0v) is 12.0. The molecule has 0 aliphatic heterocycles. The van der Waals surface area contributed by atoms with Crippen molar-refractivity contribution in [1.29, 1.82) is 0 Å². The van der Waals surface area contributed by atoms with Gasteiger partial charge in [-0.2, -0.15) is 0 Å². The number of carbonyl (C=O) groups excluding carboxylic acids is 1. The number of thioether (sulfide) groups is 1. The van der Waals surface area contributed by atoms with Crippen LogP contribution in [0.5, 0.6) is 0 Å². The molecule has 0 bridgehead atoms. The van der Waals surface area contributed by atoms with Gasteiger partial charge in [0.05, 0.1) is 12.3 Å². The van der Waals surface area contributed by atoms with Gasteiger partial charge in [-0.1, -0.05) is 0 Å². The van der Waals surface area contributed by atoms with E-state index in [1.807, 2.05) is 13.0 Å². The maximum atomic E-state index is 12.7. The number of furan rings is 1. The van der Waals surface area contributed by atoms with E-state index in [0.29, 0.717) is 12.2 Å². The summed E-state index contributed by atoms with van der Waals surface area (Å²) >= 11 is 1.53. The van der Waals surface area contributed by atoms with Crippen LogP contribution in [-0.2, 0) is 4.79 Å². The molecule has 1 aromatic carbocycles. The Morgan fingerprint density at radius 1 is 1.35 bits per heavy atom. The van der Waals surface area contributed by atoms with Crippen molar-refractivity contribution in [1.82, 2.24) is 5.32 Å². The van der Waals surface area contributed by atoms with Crippen LogP contribution in [0.4, 0.5) is 4.39 Å². The summed E-state index contributed by atoms with van der Waals surface area (Å²) < 4.78 is 18.0. The molecule has 3 nitrogen and oxygen atoms in total. The Labute approximate surface area is 121 Å². The van der Waals surface area contributed by atoms with Gasteiger partial charge in [0.2, 0.25) is 5.91 Å². The highest BCUT2D eigenvalue weighted by atomic mass is 32.2. The predicted octanol–water partition coefficient (Wildman–Crippen LogP) is 3.78. The van der Waals surface area contributed by atoms with Gasteiger partial charge in [-0.25, -0.2) is 4.39 Å². The summed E-state index contributed by atoms with van der Waals surface area (Å²) in [5, 5.41) is 2.87. The molecule has 0 aliphatic carbocycles. The van der Waals surface area contributed by atoms with E-state index in [4.69, 9.17) is 4.42 Å². The van der Waals surface area contributed by atoms with Crippen LogP contribution < -0.4 is 5.32 Å². The second-order valence-corrected chi connectivity index (χ2v) is 5.53. The first-order valence-electron chi connectivity index (χ1n) is 6.36. The zero-order chi connectivity index (χ0) is 14.4. The maximum absolute atomic E-state index is 12.7. The van der Waals surface area contributed by atoms with E-state index in [2.05, 4.69) is 5.32 Å². The van der Waals surface area contributed by atoms with Crippen molar-refractivity contribution in [3.05, 3.63) is 54.2 Å². The van der Waals surface area contributed by atoms with Crippen LogP contribution in [0, 0.1) is 5.82 Å². The van der Waals surface area contributed by atoms with Crippen molar-refractivity contribution in [3.63, 3.8) is 0 Å². The van der Waals surface area contributed by atoms with E-state index in [1.54, 1.807) is 24.5 Å². The third-order valence-electron chi connectivity index (χ3n) is 2.76. The molecule has 106 valence electrons. The van der Waals surface area contributed by atoms with Gasteiger partial charge in [0.25, 0.3) is 0 Å². The quantitative estimate of drug-likeness (QED) is 0.824. The third-order valence-corrected chi connectivity index (χ3v) is 3.77. The summed E-state index contributed by atoms with van der Waals surface area (Å²) in [5.41, 5.74) is 0. The van der Waals surface area contributed by atoms with Gasteiger partial charge in [-0.15, -0.1) is 11.8 Å². The predicted molar refractivity (Wildman–Crippen MR) is 77.0 cm³/mol. The first-order valence-corrected chi connectivity index (χ1v) is 7.35. The van der Waals surface area contributed by atoms with Crippen molar-refractivity contribution in [3.8, 4) is 0 Å². The Hall–Kier alpha value is -1.75. The molecule has 0 saturated carbocycles. The van der Waals surface area contributed by atoms with Crippen LogP contribution in [-0.4, -0.2) is 11.7 Å². The normalized spacial score (nSPS) is 12.1. The fraction of sp³-hybridized carbons (Fsp3) is 0.267. The Morgan fingerprint density at radius 3 is 2.75 bits per heavy atom. The lowest BCUT2D eigenvalue weighted by Crippen LogP contribution is -2.26. The highest BCUT2D eigenvalue weighted by Crippen LogP contribution is 2.19. The van der Waals surface area contributed by atoms with Crippen LogP contribution >= 0.6 is 11.8 Å². The average molecular weight is 293 g/mol. The van der Waals surface area contributed by atoms with E-state index in [1.165, 1.54) is 23.9 Å². The van der Waals surface area contributed by atoms with Gasteiger partial charge in [-0.05, 0) is 43.3 Å². The Balaban J connectivity index is 1.71. The Bertz CT molecular complexity index is 540. The second-order valence-electron chi connectivity index (χ2n) is 4.36. The lowest BCUT2D eigenvalue weighted by atomic mass is 10.2. The van der Waals surface area contributed by atoms with E-state index in [-0.39, 0.29) is 17.8 Å². The van der Waals surface area contributed by atoms with Crippen LogP contribution in [0.25, 0.3) is 0 Å². The molecule has 20 heavy (non-hydrogen) atoms. The molecule has 0 aliphatic rings. The molecular formula is C15H16FNO2S.